The molecule has 1 N–H and O–H groups in total. The molecule has 1 aliphatic heterocycles. The number of hydrogen-bond acceptors (Lipinski definition) is 4. The van der Waals surface area contributed by atoms with E-state index in [4.69, 9.17) is 9.72 Å². The van der Waals surface area contributed by atoms with Gasteiger partial charge in [0.1, 0.15) is 18.1 Å². The minimum atomic E-state index is -0.0869. The summed E-state index contributed by atoms with van der Waals surface area (Å²) in [6, 6.07) is 15.2. The Hall–Kier alpha value is -3.35. The number of carbonyl (C=O) groups is 2. The first kappa shape index (κ1) is 22.8. The van der Waals surface area contributed by atoms with Crippen LogP contribution >= 0.6 is 0 Å². The summed E-state index contributed by atoms with van der Waals surface area (Å²) in [5, 5.41) is 2.97. The molecule has 4 rings (SSSR count). The van der Waals surface area contributed by atoms with Crippen LogP contribution in [0.2, 0.25) is 0 Å². The average molecular weight is 449 g/mol. The fourth-order valence-electron chi connectivity index (χ4n) is 4.35. The minimum absolute atomic E-state index is 0.0869. The first-order valence-corrected chi connectivity index (χ1v) is 11.8. The van der Waals surface area contributed by atoms with Gasteiger partial charge < -0.3 is 19.5 Å². The van der Waals surface area contributed by atoms with Crippen molar-refractivity contribution in [1.29, 1.82) is 0 Å². The Balaban J connectivity index is 1.28. The predicted octanol–water partition coefficient (Wildman–Crippen LogP) is 3.81. The van der Waals surface area contributed by atoms with Gasteiger partial charge in [-0.05, 0) is 56.0 Å². The lowest BCUT2D eigenvalue weighted by molar-refractivity contribution is -0.130. The van der Waals surface area contributed by atoms with E-state index >= 15 is 0 Å². The first-order chi connectivity index (χ1) is 16.2. The molecule has 0 bridgehead atoms. The molecule has 1 aliphatic rings. The van der Waals surface area contributed by atoms with E-state index in [-0.39, 0.29) is 11.8 Å². The van der Waals surface area contributed by atoms with Gasteiger partial charge in [0, 0.05) is 31.6 Å². The van der Waals surface area contributed by atoms with E-state index < -0.39 is 0 Å². The molecular formula is C26H32N4O3. The largest absolute Gasteiger partial charge is 0.497 e. The molecule has 7 nitrogen and oxygen atoms in total. The van der Waals surface area contributed by atoms with Crippen molar-refractivity contribution in [3.05, 3.63) is 59.9 Å². The lowest BCUT2D eigenvalue weighted by Gasteiger charge is -2.17. The van der Waals surface area contributed by atoms with Gasteiger partial charge in [-0.25, -0.2) is 4.98 Å². The fraction of sp³-hybridized carbons (Fsp3) is 0.423. The summed E-state index contributed by atoms with van der Waals surface area (Å²) >= 11 is 0. The molecule has 1 saturated heterocycles. The Morgan fingerprint density at radius 3 is 2.67 bits per heavy atom. The van der Waals surface area contributed by atoms with Gasteiger partial charge in [0.25, 0.3) is 5.91 Å². The number of imidazole rings is 1. The summed E-state index contributed by atoms with van der Waals surface area (Å²) in [5.41, 5.74) is 2.56. The number of ether oxygens (including phenoxy) is 1. The Bertz CT molecular complexity index is 1100. The van der Waals surface area contributed by atoms with E-state index in [0.29, 0.717) is 24.4 Å². The number of aryl methyl sites for hydroxylation is 1. The number of nitrogens with one attached hydrogen (secondary N) is 1. The van der Waals surface area contributed by atoms with Crippen LogP contribution in [0.3, 0.4) is 0 Å². The number of likely N-dealkylation sites (tertiary alicyclic amines) is 1. The number of amides is 2. The number of fused-ring (bicyclic) bond motifs is 1. The zero-order valence-corrected chi connectivity index (χ0v) is 19.3. The standard InChI is InChI=1S/C26H32N4O3/c1-33-21-11-9-10-20(18-21)26(32)27-15-6-2-3-14-24-28-22-12-4-5-13-23(22)30(24)19-25(31)29-16-7-8-17-29/h4-5,9-13,18H,2-3,6-8,14-17,19H2,1H3,(H,27,32). The smallest absolute Gasteiger partial charge is 0.251 e. The number of unbranched alkanes of at least 4 members (excludes halogenated alkanes) is 2. The van der Waals surface area contributed by atoms with Crippen LogP contribution in [0.1, 0.15) is 48.3 Å². The number of methoxy groups -OCH3 is 1. The number of benzene rings is 2. The molecule has 0 atom stereocenters. The number of nitrogens with zero attached hydrogens (tertiary/aromatic N) is 3. The van der Waals surface area contributed by atoms with Gasteiger partial charge >= 0.3 is 0 Å². The van der Waals surface area contributed by atoms with Gasteiger partial charge in [0.05, 0.1) is 18.1 Å². The second kappa shape index (κ2) is 11.0. The van der Waals surface area contributed by atoms with Crippen LogP contribution in [0.4, 0.5) is 0 Å². The highest BCUT2D eigenvalue weighted by Crippen LogP contribution is 2.19. The van der Waals surface area contributed by atoms with Crippen LogP contribution in [0.25, 0.3) is 11.0 Å². The highest BCUT2D eigenvalue weighted by Gasteiger charge is 2.20. The predicted molar refractivity (Wildman–Crippen MR) is 128 cm³/mol. The summed E-state index contributed by atoms with van der Waals surface area (Å²) in [5.74, 6) is 1.73. The van der Waals surface area contributed by atoms with Gasteiger partial charge in [-0.2, -0.15) is 0 Å². The molecule has 0 aliphatic carbocycles. The molecule has 2 aromatic carbocycles. The third-order valence-corrected chi connectivity index (χ3v) is 6.18. The van der Waals surface area contributed by atoms with Crippen LogP contribution in [-0.4, -0.2) is 53.0 Å². The Labute approximate surface area is 194 Å². The Kier molecular flexibility index (Phi) is 7.60. The SMILES string of the molecule is COc1cccc(C(=O)NCCCCCc2nc3ccccc3n2CC(=O)N2CCCC2)c1. The zero-order valence-electron chi connectivity index (χ0n) is 19.3. The molecule has 2 heterocycles. The van der Waals surface area contributed by atoms with Crippen LogP contribution < -0.4 is 10.1 Å². The van der Waals surface area contributed by atoms with Crippen molar-refractivity contribution >= 4 is 22.8 Å². The van der Waals surface area contributed by atoms with Gasteiger partial charge in [0.2, 0.25) is 5.91 Å². The van der Waals surface area contributed by atoms with Crippen LogP contribution in [0, 0.1) is 0 Å². The number of aromatic nitrogens is 2. The maximum atomic E-state index is 12.8. The lowest BCUT2D eigenvalue weighted by atomic mass is 10.1. The Morgan fingerprint density at radius 1 is 1.03 bits per heavy atom. The maximum Gasteiger partial charge on any atom is 0.251 e. The normalized spacial score (nSPS) is 13.4. The van der Waals surface area contributed by atoms with E-state index in [9.17, 15) is 9.59 Å². The second-order valence-corrected chi connectivity index (χ2v) is 8.49. The molecule has 1 aromatic heterocycles. The molecule has 3 aromatic rings. The van der Waals surface area contributed by atoms with Crippen molar-refractivity contribution in [2.24, 2.45) is 0 Å². The molecule has 0 unspecified atom stereocenters. The van der Waals surface area contributed by atoms with Crippen molar-refractivity contribution < 1.29 is 14.3 Å². The number of para-hydroxylation sites is 2. The topological polar surface area (TPSA) is 76.5 Å². The maximum absolute atomic E-state index is 12.8. The van der Waals surface area contributed by atoms with Crippen LogP contribution in [0.15, 0.2) is 48.5 Å². The zero-order chi connectivity index (χ0) is 23.0. The van der Waals surface area contributed by atoms with Crippen molar-refractivity contribution in [3.8, 4) is 5.75 Å². The molecule has 0 saturated carbocycles. The monoisotopic (exact) mass is 448 g/mol. The molecular weight excluding hydrogens is 416 g/mol. The summed E-state index contributed by atoms with van der Waals surface area (Å²) in [6.45, 7) is 2.71. The van der Waals surface area contributed by atoms with E-state index in [1.54, 1.807) is 19.2 Å². The highest BCUT2D eigenvalue weighted by molar-refractivity contribution is 5.94. The van der Waals surface area contributed by atoms with E-state index in [1.165, 1.54) is 0 Å². The van der Waals surface area contributed by atoms with Gasteiger partial charge in [-0.3, -0.25) is 9.59 Å². The van der Waals surface area contributed by atoms with E-state index in [1.807, 2.05) is 41.3 Å². The highest BCUT2D eigenvalue weighted by atomic mass is 16.5. The van der Waals surface area contributed by atoms with Gasteiger partial charge in [0.15, 0.2) is 0 Å². The van der Waals surface area contributed by atoms with Crippen molar-refractivity contribution in [1.82, 2.24) is 19.8 Å². The van der Waals surface area contributed by atoms with Crippen LogP contribution in [0.5, 0.6) is 5.75 Å². The molecule has 7 heteroatoms. The van der Waals surface area contributed by atoms with Crippen LogP contribution in [-0.2, 0) is 17.8 Å². The molecule has 2 amide bonds. The Morgan fingerprint density at radius 2 is 1.85 bits per heavy atom. The third kappa shape index (κ3) is 5.72. The molecule has 33 heavy (non-hydrogen) atoms. The molecule has 0 spiro atoms. The fourth-order valence-corrected chi connectivity index (χ4v) is 4.35. The summed E-state index contributed by atoms with van der Waals surface area (Å²) in [7, 11) is 1.59. The van der Waals surface area contributed by atoms with Crippen molar-refractivity contribution in [2.75, 3.05) is 26.7 Å². The summed E-state index contributed by atoms with van der Waals surface area (Å²) in [4.78, 5) is 31.8. The lowest BCUT2D eigenvalue weighted by Crippen LogP contribution is -2.31. The van der Waals surface area contributed by atoms with Crippen molar-refractivity contribution in [3.63, 3.8) is 0 Å². The molecule has 174 valence electrons. The quantitative estimate of drug-likeness (QED) is 0.479. The second-order valence-electron chi connectivity index (χ2n) is 8.49. The minimum Gasteiger partial charge on any atom is -0.497 e. The van der Waals surface area contributed by atoms with Gasteiger partial charge in [-0.1, -0.05) is 24.6 Å². The average Bonchev–Trinajstić information content (AvgIpc) is 3.50. The summed E-state index contributed by atoms with van der Waals surface area (Å²) < 4.78 is 7.26. The summed E-state index contributed by atoms with van der Waals surface area (Å²) in [6.07, 6.45) is 5.82. The number of carbonyl (C=O) groups excluding carboxylic acids is 2. The first-order valence-electron chi connectivity index (χ1n) is 11.8. The third-order valence-electron chi connectivity index (χ3n) is 6.18. The molecule has 0 radical (unpaired) electrons. The van der Waals surface area contributed by atoms with E-state index in [2.05, 4.69) is 9.88 Å². The van der Waals surface area contributed by atoms with E-state index in [0.717, 1.165) is 68.5 Å². The van der Waals surface area contributed by atoms with Crippen molar-refractivity contribution in [2.45, 2.75) is 45.1 Å². The number of hydrogen-bond donors (Lipinski definition) is 1. The molecule has 1 fully saturated rings. The number of rotatable bonds is 10. The van der Waals surface area contributed by atoms with Gasteiger partial charge in [-0.15, -0.1) is 0 Å².